The lowest BCUT2D eigenvalue weighted by atomic mass is 9.74. The third-order valence-electron chi connectivity index (χ3n) is 4.66. The van der Waals surface area contributed by atoms with E-state index in [0.29, 0.717) is 37.7 Å². The van der Waals surface area contributed by atoms with E-state index in [-0.39, 0.29) is 18.4 Å². The SMILES string of the molecule is Cc1cc(C)c(C(=O)N2C[C@H]3COCC[C@@]3(C(=O)O)C2)o1. The minimum absolute atomic E-state index is 0.149. The number of fused-ring (bicyclic) bond motifs is 1. The smallest absolute Gasteiger partial charge is 0.311 e. The molecule has 2 atom stereocenters. The molecule has 2 saturated heterocycles. The van der Waals surface area contributed by atoms with Gasteiger partial charge < -0.3 is 19.2 Å². The molecule has 1 amide bonds. The number of rotatable bonds is 2. The van der Waals surface area contributed by atoms with Crippen molar-refractivity contribution >= 4 is 11.9 Å². The van der Waals surface area contributed by atoms with Gasteiger partial charge in [-0.2, -0.15) is 0 Å². The number of furan rings is 1. The van der Waals surface area contributed by atoms with Crippen molar-refractivity contribution in [3.63, 3.8) is 0 Å². The van der Waals surface area contributed by atoms with Gasteiger partial charge in [0.05, 0.1) is 12.0 Å². The van der Waals surface area contributed by atoms with Gasteiger partial charge in [-0.05, 0) is 26.3 Å². The van der Waals surface area contributed by atoms with Crippen LogP contribution in [0.3, 0.4) is 0 Å². The van der Waals surface area contributed by atoms with Crippen LogP contribution in [-0.2, 0) is 9.53 Å². The van der Waals surface area contributed by atoms with Crippen LogP contribution in [0.1, 0.15) is 28.3 Å². The second-order valence-corrected chi connectivity index (χ2v) is 6.04. The molecule has 1 aromatic rings. The van der Waals surface area contributed by atoms with E-state index in [1.165, 1.54) is 0 Å². The fourth-order valence-electron chi connectivity index (χ4n) is 3.45. The quantitative estimate of drug-likeness (QED) is 0.893. The van der Waals surface area contributed by atoms with Gasteiger partial charge in [-0.15, -0.1) is 0 Å². The second kappa shape index (κ2) is 4.87. The van der Waals surface area contributed by atoms with Gasteiger partial charge >= 0.3 is 5.97 Å². The molecule has 1 N–H and O–H groups in total. The second-order valence-electron chi connectivity index (χ2n) is 6.04. The first-order valence-electron chi connectivity index (χ1n) is 7.11. The third kappa shape index (κ3) is 2.14. The number of carboxylic acid groups (broad SMARTS) is 1. The number of carbonyl (C=O) groups excluding carboxylic acids is 1. The number of hydrogen-bond acceptors (Lipinski definition) is 4. The minimum atomic E-state index is -0.872. The van der Waals surface area contributed by atoms with Gasteiger partial charge in [-0.3, -0.25) is 9.59 Å². The van der Waals surface area contributed by atoms with Gasteiger partial charge in [0.2, 0.25) is 0 Å². The molecule has 0 aromatic carbocycles. The van der Waals surface area contributed by atoms with Gasteiger partial charge in [0.1, 0.15) is 5.76 Å². The van der Waals surface area contributed by atoms with Crippen LogP contribution < -0.4 is 0 Å². The van der Waals surface area contributed by atoms with E-state index in [2.05, 4.69) is 0 Å². The molecule has 6 nitrogen and oxygen atoms in total. The number of nitrogens with zero attached hydrogens (tertiary/aromatic N) is 1. The van der Waals surface area contributed by atoms with Crippen molar-refractivity contribution in [2.24, 2.45) is 11.3 Å². The Bertz CT molecular complexity index is 593. The molecule has 2 aliphatic heterocycles. The number of likely N-dealkylation sites (tertiary alicyclic amines) is 1. The van der Waals surface area contributed by atoms with Crippen LogP contribution in [0.5, 0.6) is 0 Å². The number of aryl methyl sites for hydroxylation is 2. The predicted octanol–water partition coefficient (Wildman–Crippen LogP) is 1.46. The summed E-state index contributed by atoms with van der Waals surface area (Å²) in [5.74, 6) is -0.213. The Balaban J connectivity index is 1.87. The first-order valence-corrected chi connectivity index (χ1v) is 7.11. The monoisotopic (exact) mass is 293 g/mol. The van der Waals surface area contributed by atoms with E-state index in [0.717, 1.165) is 5.56 Å². The molecule has 2 aliphatic rings. The summed E-state index contributed by atoms with van der Waals surface area (Å²) in [6, 6.07) is 1.81. The van der Waals surface area contributed by atoms with Crippen LogP contribution in [0.2, 0.25) is 0 Å². The highest BCUT2D eigenvalue weighted by molar-refractivity contribution is 5.94. The first kappa shape index (κ1) is 14.1. The van der Waals surface area contributed by atoms with Crippen molar-refractivity contribution in [1.29, 1.82) is 0 Å². The summed E-state index contributed by atoms with van der Waals surface area (Å²) >= 11 is 0. The summed E-state index contributed by atoms with van der Waals surface area (Å²) in [5.41, 5.74) is -0.0864. The lowest BCUT2D eigenvalue weighted by Gasteiger charge is -2.33. The number of aliphatic carboxylic acids is 1. The number of amides is 1. The molecular formula is C15H19NO5. The Morgan fingerprint density at radius 3 is 2.76 bits per heavy atom. The molecule has 21 heavy (non-hydrogen) atoms. The van der Waals surface area contributed by atoms with E-state index < -0.39 is 11.4 Å². The molecule has 0 aliphatic carbocycles. The molecule has 0 saturated carbocycles. The molecule has 2 fully saturated rings. The van der Waals surface area contributed by atoms with Crippen molar-refractivity contribution in [1.82, 2.24) is 4.90 Å². The molecule has 1 aromatic heterocycles. The third-order valence-corrected chi connectivity index (χ3v) is 4.66. The van der Waals surface area contributed by atoms with Crippen molar-refractivity contribution in [3.05, 3.63) is 23.2 Å². The van der Waals surface area contributed by atoms with E-state index in [9.17, 15) is 14.7 Å². The average molecular weight is 293 g/mol. The largest absolute Gasteiger partial charge is 0.481 e. The van der Waals surface area contributed by atoms with Crippen molar-refractivity contribution in [2.75, 3.05) is 26.3 Å². The lowest BCUT2D eigenvalue weighted by molar-refractivity contribution is -0.157. The maximum absolute atomic E-state index is 12.6. The lowest BCUT2D eigenvalue weighted by Crippen LogP contribution is -2.45. The first-order chi connectivity index (χ1) is 9.94. The zero-order chi connectivity index (χ0) is 15.2. The van der Waals surface area contributed by atoms with Crippen molar-refractivity contribution < 1.29 is 23.8 Å². The van der Waals surface area contributed by atoms with E-state index >= 15 is 0 Å². The molecule has 3 rings (SSSR count). The number of carboxylic acids is 1. The molecule has 0 bridgehead atoms. The zero-order valence-corrected chi connectivity index (χ0v) is 12.2. The molecule has 6 heteroatoms. The summed E-state index contributed by atoms with van der Waals surface area (Å²) in [4.78, 5) is 25.9. The molecular weight excluding hydrogens is 274 g/mol. The minimum Gasteiger partial charge on any atom is -0.481 e. The summed E-state index contributed by atoms with van der Waals surface area (Å²) in [5, 5.41) is 9.61. The van der Waals surface area contributed by atoms with Crippen LogP contribution in [-0.4, -0.2) is 48.2 Å². The zero-order valence-electron chi connectivity index (χ0n) is 12.2. The summed E-state index contributed by atoms with van der Waals surface area (Å²) in [7, 11) is 0. The van der Waals surface area contributed by atoms with Crippen LogP contribution in [0.15, 0.2) is 10.5 Å². The predicted molar refractivity (Wildman–Crippen MR) is 73.1 cm³/mol. The average Bonchev–Trinajstić information content (AvgIpc) is 2.99. The highest BCUT2D eigenvalue weighted by Gasteiger charge is 2.55. The van der Waals surface area contributed by atoms with Crippen molar-refractivity contribution in [2.45, 2.75) is 20.3 Å². The maximum Gasteiger partial charge on any atom is 0.311 e. The van der Waals surface area contributed by atoms with Gasteiger partial charge in [0, 0.05) is 31.2 Å². The number of hydrogen-bond donors (Lipinski definition) is 1. The molecule has 0 radical (unpaired) electrons. The van der Waals surface area contributed by atoms with Gasteiger partial charge in [0.15, 0.2) is 5.76 Å². The van der Waals surface area contributed by atoms with Gasteiger partial charge in [-0.25, -0.2) is 0 Å². The van der Waals surface area contributed by atoms with Crippen molar-refractivity contribution in [3.8, 4) is 0 Å². The Hall–Kier alpha value is -1.82. The Labute approximate surface area is 122 Å². The Kier molecular flexibility index (Phi) is 3.28. The normalized spacial score (nSPS) is 28.5. The van der Waals surface area contributed by atoms with Gasteiger partial charge in [-0.1, -0.05) is 0 Å². The summed E-state index contributed by atoms with van der Waals surface area (Å²) in [6.45, 7) is 5.08. The number of ether oxygens (including phenoxy) is 1. The topological polar surface area (TPSA) is 80.0 Å². The van der Waals surface area contributed by atoms with E-state index in [1.54, 1.807) is 11.8 Å². The maximum atomic E-state index is 12.6. The van der Waals surface area contributed by atoms with Crippen LogP contribution in [0.4, 0.5) is 0 Å². The molecule has 0 spiro atoms. The highest BCUT2D eigenvalue weighted by Crippen LogP contribution is 2.43. The Morgan fingerprint density at radius 2 is 2.19 bits per heavy atom. The van der Waals surface area contributed by atoms with Gasteiger partial charge in [0.25, 0.3) is 5.91 Å². The fourth-order valence-corrected chi connectivity index (χ4v) is 3.45. The van der Waals surface area contributed by atoms with Crippen LogP contribution in [0, 0.1) is 25.2 Å². The van der Waals surface area contributed by atoms with E-state index in [1.807, 2.05) is 13.0 Å². The molecule has 114 valence electrons. The highest BCUT2D eigenvalue weighted by atomic mass is 16.5. The molecule has 3 heterocycles. The number of carbonyl (C=O) groups is 2. The molecule has 0 unspecified atom stereocenters. The van der Waals surface area contributed by atoms with Crippen LogP contribution in [0.25, 0.3) is 0 Å². The van der Waals surface area contributed by atoms with E-state index in [4.69, 9.17) is 9.15 Å². The standard InChI is InChI=1S/C15H19NO5/c1-9-5-10(2)21-12(9)13(17)16-6-11-7-20-4-3-15(11,8-16)14(18)19/h5,11H,3-4,6-8H2,1-2H3,(H,18,19)/t11-,15+/m0/s1. The fraction of sp³-hybridized carbons (Fsp3) is 0.600. The Morgan fingerprint density at radius 1 is 1.43 bits per heavy atom. The summed E-state index contributed by atoms with van der Waals surface area (Å²) < 4.78 is 10.9. The summed E-state index contributed by atoms with van der Waals surface area (Å²) in [6.07, 6.45) is 0.451. The van der Waals surface area contributed by atoms with Crippen LogP contribution >= 0.6 is 0 Å².